The Bertz CT molecular complexity index is 455. The molecular formula is C13H18N2O3S. The number of anilines is 1. The SMILES string of the molecule is O=C(CC1CCNCC1)Nc1ccc(S(=O)O)cc1. The third kappa shape index (κ3) is 4.41. The highest BCUT2D eigenvalue weighted by Gasteiger charge is 2.16. The molecule has 1 aliphatic rings. The fourth-order valence-electron chi connectivity index (χ4n) is 2.21. The molecule has 5 nitrogen and oxygen atoms in total. The van der Waals surface area contributed by atoms with Crippen molar-refractivity contribution >= 4 is 22.7 Å². The molecule has 0 aromatic heterocycles. The van der Waals surface area contributed by atoms with Crippen molar-refractivity contribution in [2.24, 2.45) is 5.92 Å². The van der Waals surface area contributed by atoms with Crippen molar-refractivity contribution < 1.29 is 13.6 Å². The predicted molar refractivity (Wildman–Crippen MR) is 74.3 cm³/mol. The minimum atomic E-state index is -1.98. The monoisotopic (exact) mass is 282 g/mol. The first-order valence-corrected chi connectivity index (χ1v) is 7.47. The summed E-state index contributed by atoms with van der Waals surface area (Å²) < 4.78 is 19.7. The molecule has 0 bridgehead atoms. The molecule has 1 heterocycles. The van der Waals surface area contributed by atoms with Crippen LogP contribution in [0.1, 0.15) is 19.3 Å². The maximum atomic E-state index is 11.9. The lowest BCUT2D eigenvalue weighted by Gasteiger charge is -2.21. The van der Waals surface area contributed by atoms with Gasteiger partial charge >= 0.3 is 0 Å². The Hall–Kier alpha value is -1.24. The number of rotatable bonds is 4. The van der Waals surface area contributed by atoms with E-state index in [-0.39, 0.29) is 5.91 Å². The molecule has 0 spiro atoms. The number of hydrogen-bond donors (Lipinski definition) is 3. The maximum absolute atomic E-state index is 11.9. The molecule has 3 N–H and O–H groups in total. The van der Waals surface area contributed by atoms with Gasteiger partial charge in [0.25, 0.3) is 0 Å². The minimum absolute atomic E-state index is 0.00442. The molecule has 1 atom stereocenters. The van der Waals surface area contributed by atoms with Gasteiger partial charge in [-0.2, -0.15) is 0 Å². The van der Waals surface area contributed by atoms with Gasteiger partial charge in [-0.15, -0.1) is 0 Å². The van der Waals surface area contributed by atoms with Gasteiger partial charge in [0.15, 0.2) is 11.1 Å². The zero-order valence-electron chi connectivity index (χ0n) is 10.6. The quantitative estimate of drug-likeness (QED) is 0.733. The van der Waals surface area contributed by atoms with E-state index >= 15 is 0 Å². The van der Waals surface area contributed by atoms with Crippen LogP contribution in [0.25, 0.3) is 0 Å². The van der Waals surface area contributed by atoms with Gasteiger partial charge < -0.3 is 15.2 Å². The largest absolute Gasteiger partial charge is 0.326 e. The maximum Gasteiger partial charge on any atom is 0.224 e. The minimum Gasteiger partial charge on any atom is -0.326 e. The summed E-state index contributed by atoms with van der Waals surface area (Å²) in [5.74, 6) is 0.454. The fourth-order valence-corrected chi connectivity index (χ4v) is 2.58. The number of hydrogen-bond acceptors (Lipinski definition) is 3. The first kappa shape index (κ1) is 14.2. The lowest BCUT2D eigenvalue weighted by atomic mass is 9.94. The molecule has 2 rings (SSSR count). The van der Waals surface area contributed by atoms with Crippen molar-refractivity contribution in [2.75, 3.05) is 18.4 Å². The van der Waals surface area contributed by atoms with Crippen LogP contribution in [0, 0.1) is 5.92 Å². The van der Waals surface area contributed by atoms with E-state index in [1.165, 1.54) is 12.1 Å². The molecule has 0 saturated carbocycles. The van der Waals surface area contributed by atoms with E-state index < -0.39 is 11.1 Å². The lowest BCUT2D eigenvalue weighted by Crippen LogP contribution is -2.30. The molecule has 19 heavy (non-hydrogen) atoms. The molecule has 1 fully saturated rings. The molecule has 6 heteroatoms. The van der Waals surface area contributed by atoms with E-state index in [4.69, 9.17) is 4.55 Å². The van der Waals surface area contributed by atoms with Crippen LogP contribution in [0.3, 0.4) is 0 Å². The molecule has 104 valence electrons. The molecule has 0 aliphatic carbocycles. The summed E-state index contributed by atoms with van der Waals surface area (Å²) in [4.78, 5) is 12.2. The molecule has 1 aliphatic heterocycles. The average molecular weight is 282 g/mol. The standard InChI is InChI=1S/C13H18N2O3S/c16-13(9-10-5-7-14-8-6-10)15-11-1-3-12(4-2-11)19(17)18/h1-4,10,14H,5-9H2,(H,15,16)(H,17,18). The topological polar surface area (TPSA) is 78.4 Å². The second kappa shape index (κ2) is 6.79. The predicted octanol–water partition coefficient (Wildman–Crippen LogP) is 1.60. The van der Waals surface area contributed by atoms with Crippen molar-refractivity contribution in [1.29, 1.82) is 0 Å². The lowest BCUT2D eigenvalue weighted by molar-refractivity contribution is -0.117. The molecule has 1 unspecified atom stereocenters. The average Bonchev–Trinajstić information content (AvgIpc) is 2.40. The first-order valence-electron chi connectivity index (χ1n) is 6.36. The molecule has 1 aromatic rings. The number of amides is 1. The normalized spacial score (nSPS) is 17.9. The number of nitrogens with one attached hydrogen (secondary N) is 2. The van der Waals surface area contributed by atoms with Gasteiger partial charge in [0.1, 0.15) is 0 Å². The van der Waals surface area contributed by atoms with E-state index in [1.54, 1.807) is 12.1 Å². The van der Waals surface area contributed by atoms with Gasteiger partial charge in [0.05, 0.1) is 4.90 Å². The smallest absolute Gasteiger partial charge is 0.224 e. The zero-order valence-corrected chi connectivity index (χ0v) is 11.4. The van der Waals surface area contributed by atoms with Gasteiger partial charge in [-0.25, -0.2) is 4.21 Å². The van der Waals surface area contributed by atoms with Crippen molar-refractivity contribution in [1.82, 2.24) is 5.32 Å². The van der Waals surface area contributed by atoms with Crippen LogP contribution in [0.2, 0.25) is 0 Å². The van der Waals surface area contributed by atoms with Crippen LogP contribution in [0.5, 0.6) is 0 Å². The van der Waals surface area contributed by atoms with Gasteiger partial charge in [-0.3, -0.25) is 4.79 Å². The Labute approximate surface area is 115 Å². The van der Waals surface area contributed by atoms with Crippen LogP contribution >= 0.6 is 0 Å². The summed E-state index contributed by atoms with van der Waals surface area (Å²) in [5.41, 5.74) is 0.660. The molecule has 0 radical (unpaired) electrons. The summed E-state index contributed by atoms with van der Waals surface area (Å²) in [6.07, 6.45) is 2.61. The van der Waals surface area contributed by atoms with E-state index in [0.717, 1.165) is 25.9 Å². The summed E-state index contributed by atoms with van der Waals surface area (Å²) in [7, 11) is 0. The Morgan fingerprint density at radius 1 is 1.32 bits per heavy atom. The summed E-state index contributed by atoms with van der Waals surface area (Å²) in [6.45, 7) is 1.96. The molecule has 1 aromatic carbocycles. The van der Waals surface area contributed by atoms with Crippen LogP contribution in [-0.2, 0) is 15.9 Å². The highest BCUT2D eigenvalue weighted by molar-refractivity contribution is 7.79. The van der Waals surface area contributed by atoms with Crippen LogP contribution < -0.4 is 10.6 Å². The van der Waals surface area contributed by atoms with Gasteiger partial charge in [-0.05, 0) is 56.1 Å². The third-order valence-corrected chi connectivity index (χ3v) is 3.95. The van der Waals surface area contributed by atoms with E-state index in [0.29, 0.717) is 22.9 Å². The Morgan fingerprint density at radius 3 is 2.53 bits per heavy atom. The second-order valence-electron chi connectivity index (χ2n) is 4.72. The van der Waals surface area contributed by atoms with E-state index in [9.17, 15) is 9.00 Å². The van der Waals surface area contributed by atoms with Gasteiger partial charge in [0, 0.05) is 12.1 Å². The highest BCUT2D eigenvalue weighted by Crippen LogP contribution is 2.17. The van der Waals surface area contributed by atoms with Crippen LogP contribution in [-0.4, -0.2) is 27.8 Å². The zero-order chi connectivity index (χ0) is 13.7. The number of carbonyl (C=O) groups is 1. The van der Waals surface area contributed by atoms with Crippen molar-refractivity contribution in [2.45, 2.75) is 24.2 Å². The first-order chi connectivity index (χ1) is 9.15. The number of piperidine rings is 1. The molecule has 1 amide bonds. The van der Waals surface area contributed by atoms with Gasteiger partial charge in [-0.1, -0.05) is 0 Å². The highest BCUT2D eigenvalue weighted by atomic mass is 32.2. The summed E-state index contributed by atoms with van der Waals surface area (Å²) >= 11 is -1.98. The Kier molecular flexibility index (Phi) is 5.07. The van der Waals surface area contributed by atoms with E-state index in [1.807, 2.05) is 0 Å². The van der Waals surface area contributed by atoms with E-state index in [2.05, 4.69) is 10.6 Å². The number of benzene rings is 1. The molecule has 1 saturated heterocycles. The van der Waals surface area contributed by atoms with Crippen molar-refractivity contribution in [3.05, 3.63) is 24.3 Å². The van der Waals surface area contributed by atoms with Crippen molar-refractivity contribution in [3.63, 3.8) is 0 Å². The van der Waals surface area contributed by atoms with Crippen LogP contribution in [0.4, 0.5) is 5.69 Å². The summed E-state index contributed by atoms with van der Waals surface area (Å²) in [6, 6.07) is 6.36. The number of carbonyl (C=O) groups excluding carboxylic acids is 1. The van der Waals surface area contributed by atoms with Crippen molar-refractivity contribution in [3.8, 4) is 0 Å². The van der Waals surface area contributed by atoms with Crippen LogP contribution in [0.15, 0.2) is 29.2 Å². The third-order valence-electron chi connectivity index (χ3n) is 3.27. The Balaban J connectivity index is 1.85. The Morgan fingerprint density at radius 2 is 1.95 bits per heavy atom. The second-order valence-corrected chi connectivity index (χ2v) is 5.69. The fraction of sp³-hybridized carbons (Fsp3) is 0.462. The summed E-state index contributed by atoms with van der Waals surface area (Å²) in [5, 5.41) is 6.09. The molecular weight excluding hydrogens is 264 g/mol. The van der Waals surface area contributed by atoms with Gasteiger partial charge in [0.2, 0.25) is 5.91 Å².